The molecule has 1 aliphatic carbocycles. The van der Waals surface area contributed by atoms with Gasteiger partial charge in [0, 0.05) is 17.1 Å². The van der Waals surface area contributed by atoms with Crippen LogP contribution in [0.2, 0.25) is 0 Å². The molecular weight excluding hydrogens is 484 g/mol. The summed E-state index contributed by atoms with van der Waals surface area (Å²) < 4.78 is 26.6. The highest BCUT2D eigenvalue weighted by Gasteiger charge is 2.36. The first-order chi connectivity index (χ1) is 14.6. The summed E-state index contributed by atoms with van der Waals surface area (Å²) in [5.74, 6) is -2.08. The highest BCUT2D eigenvalue weighted by atomic mass is 79.9. The molecule has 7 nitrogen and oxygen atoms in total. The molecule has 3 N–H and O–H groups in total. The number of carbonyl (C=O) groups excluding carboxylic acids is 1. The fourth-order valence-electron chi connectivity index (χ4n) is 4.03. The largest absolute Gasteiger partial charge is 0.507 e. The van der Waals surface area contributed by atoms with Crippen LogP contribution in [0, 0.1) is 11.3 Å². The summed E-state index contributed by atoms with van der Waals surface area (Å²) in [5, 5.41) is 33.2. The van der Waals surface area contributed by atoms with Crippen LogP contribution in [-0.4, -0.2) is 31.6 Å². The van der Waals surface area contributed by atoms with Crippen molar-refractivity contribution in [2.45, 2.75) is 48.2 Å². The van der Waals surface area contributed by atoms with Gasteiger partial charge in [-0.1, -0.05) is 35.2 Å². The van der Waals surface area contributed by atoms with Crippen LogP contribution in [0.3, 0.4) is 0 Å². The van der Waals surface area contributed by atoms with E-state index in [9.17, 15) is 28.7 Å². The predicted octanol–water partition coefficient (Wildman–Crippen LogP) is 3.92. The van der Waals surface area contributed by atoms with Gasteiger partial charge in [-0.25, -0.2) is 8.42 Å². The molecule has 0 heterocycles. The Kier molecular flexibility index (Phi) is 6.62. The number of hydrogen-bond donors (Lipinski definition) is 3. The minimum absolute atomic E-state index is 0.00988. The molecule has 1 amide bonds. The number of rotatable bonds is 5. The third kappa shape index (κ3) is 4.55. The molecule has 164 valence electrons. The van der Waals surface area contributed by atoms with Gasteiger partial charge >= 0.3 is 0 Å². The number of sulfone groups is 1. The third-order valence-corrected chi connectivity index (χ3v) is 7.92. The van der Waals surface area contributed by atoms with Crippen LogP contribution in [0.15, 0.2) is 39.7 Å². The van der Waals surface area contributed by atoms with Gasteiger partial charge in [0.15, 0.2) is 9.84 Å². The van der Waals surface area contributed by atoms with Crippen LogP contribution < -0.4 is 5.32 Å². The fourth-order valence-corrected chi connectivity index (χ4v) is 6.02. The number of halogens is 1. The maximum Gasteiger partial charge on any atom is 0.254 e. The van der Waals surface area contributed by atoms with Crippen molar-refractivity contribution in [1.29, 1.82) is 5.26 Å². The summed E-state index contributed by atoms with van der Waals surface area (Å²) in [4.78, 5) is 12.1. The first kappa shape index (κ1) is 23.1. The Balaban J connectivity index is 2.16. The summed E-state index contributed by atoms with van der Waals surface area (Å²) in [6.07, 6.45) is 3.90. The average molecular weight is 507 g/mol. The van der Waals surface area contributed by atoms with E-state index in [1.165, 1.54) is 37.4 Å². The molecule has 31 heavy (non-hydrogen) atoms. The van der Waals surface area contributed by atoms with Crippen molar-refractivity contribution in [3.8, 4) is 17.6 Å². The van der Waals surface area contributed by atoms with E-state index in [4.69, 9.17) is 0 Å². The van der Waals surface area contributed by atoms with Crippen LogP contribution in [0.5, 0.6) is 11.5 Å². The standard InChI is InChI=1S/C22H23BrN2O5S/c1-25-21(28)17-10-15(22(13-24)7-3-2-4-8-22)9-14(20(17)27)12-31(29,30)19-11-16(23)5-6-18(19)26/h5-6,9-11,26-27H,2-4,7-8,12H2,1H3,(H,25,28). The van der Waals surface area contributed by atoms with Gasteiger partial charge in [0.1, 0.15) is 16.4 Å². The van der Waals surface area contributed by atoms with Crippen molar-refractivity contribution < 1.29 is 23.4 Å². The summed E-state index contributed by atoms with van der Waals surface area (Å²) in [6, 6.07) is 9.40. The number of aromatic hydroxyl groups is 2. The lowest BCUT2D eigenvalue weighted by molar-refractivity contribution is 0.0960. The zero-order valence-electron chi connectivity index (χ0n) is 17.0. The summed E-state index contributed by atoms with van der Waals surface area (Å²) in [5.41, 5.74) is -0.389. The zero-order chi connectivity index (χ0) is 22.8. The summed E-state index contributed by atoms with van der Waals surface area (Å²) in [6.45, 7) is 0. The molecule has 0 bridgehead atoms. The van der Waals surface area contributed by atoms with E-state index in [1.807, 2.05) is 0 Å². The Morgan fingerprint density at radius 3 is 2.48 bits per heavy atom. The molecule has 1 fully saturated rings. The van der Waals surface area contributed by atoms with Gasteiger partial charge in [-0.2, -0.15) is 5.26 Å². The van der Waals surface area contributed by atoms with Crippen molar-refractivity contribution in [3.63, 3.8) is 0 Å². The van der Waals surface area contributed by atoms with Gasteiger partial charge in [0.2, 0.25) is 0 Å². The van der Waals surface area contributed by atoms with Gasteiger partial charge in [-0.3, -0.25) is 4.79 Å². The summed E-state index contributed by atoms with van der Waals surface area (Å²) in [7, 11) is -2.66. The van der Waals surface area contributed by atoms with Crippen LogP contribution in [0.25, 0.3) is 0 Å². The zero-order valence-corrected chi connectivity index (χ0v) is 19.4. The van der Waals surface area contributed by atoms with Crippen LogP contribution in [0.1, 0.15) is 53.6 Å². The van der Waals surface area contributed by atoms with Crippen LogP contribution in [-0.2, 0) is 21.0 Å². The van der Waals surface area contributed by atoms with E-state index in [2.05, 4.69) is 27.3 Å². The van der Waals surface area contributed by atoms with Crippen LogP contribution >= 0.6 is 15.9 Å². The number of nitrogens with zero attached hydrogens (tertiary/aromatic N) is 1. The lowest BCUT2D eigenvalue weighted by atomic mass is 9.70. The number of amides is 1. The smallest absolute Gasteiger partial charge is 0.254 e. The van der Waals surface area contributed by atoms with E-state index in [0.29, 0.717) is 22.9 Å². The number of phenols is 2. The second kappa shape index (κ2) is 8.89. The number of phenolic OH excluding ortho intramolecular Hbond substituents is 2. The lowest BCUT2D eigenvalue weighted by Gasteiger charge is -2.32. The Morgan fingerprint density at radius 1 is 1.19 bits per heavy atom. The molecule has 2 aromatic rings. The molecule has 0 spiro atoms. The maximum atomic E-state index is 13.1. The molecule has 0 saturated heterocycles. The summed E-state index contributed by atoms with van der Waals surface area (Å²) >= 11 is 3.19. The molecule has 1 aliphatic rings. The monoisotopic (exact) mass is 506 g/mol. The van der Waals surface area contributed by atoms with Gasteiger partial charge < -0.3 is 15.5 Å². The Hall–Kier alpha value is -2.57. The number of benzene rings is 2. The number of nitriles is 1. The minimum atomic E-state index is -4.07. The molecule has 0 atom stereocenters. The highest BCUT2D eigenvalue weighted by Crippen LogP contribution is 2.42. The Labute approximate surface area is 189 Å². The maximum absolute atomic E-state index is 13.1. The SMILES string of the molecule is CNC(=O)c1cc(C2(C#N)CCCCC2)cc(CS(=O)(=O)c2cc(Br)ccc2O)c1O. The normalized spacial score (nSPS) is 15.8. The molecule has 0 aromatic heterocycles. The van der Waals surface area contributed by atoms with E-state index in [0.717, 1.165) is 19.3 Å². The molecule has 1 saturated carbocycles. The van der Waals surface area contributed by atoms with Crippen molar-refractivity contribution in [2.24, 2.45) is 0 Å². The molecule has 9 heteroatoms. The topological polar surface area (TPSA) is 127 Å². The van der Waals surface area contributed by atoms with Gasteiger partial charge in [0.05, 0.1) is 22.8 Å². The number of nitrogens with one attached hydrogen (secondary N) is 1. The van der Waals surface area contributed by atoms with Gasteiger partial charge in [-0.15, -0.1) is 0 Å². The fraction of sp³-hybridized carbons (Fsp3) is 0.364. The van der Waals surface area contributed by atoms with Crippen molar-refractivity contribution >= 4 is 31.7 Å². The number of hydrogen-bond acceptors (Lipinski definition) is 6. The molecule has 2 aromatic carbocycles. The van der Waals surface area contributed by atoms with E-state index >= 15 is 0 Å². The van der Waals surface area contributed by atoms with E-state index in [-0.39, 0.29) is 16.0 Å². The van der Waals surface area contributed by atoms with E-state index < -0.39 is 38.4 Å². The van der Waals surface area contributed by atoms with E-state index in [1.54, 1.807) is 0 Å². The molecular formula is C22H23BrN2O5S. The van der Waals surface area contributed by atoms with Crippen molar-refractivity contribution in [1.82, 2.24) is 5.32 Å². The minimum Gasteiger partial charge on any atom is -0.507 e. The number of carbonyl (C=O) groups is 1. The quantitative estimate of drug-likeness (QED) is 0.563. The van der Waals surface area contributed by atoms with Gasteiger partial charge in [0.25, 0.3) is 5.91 Å². The third-order valence-electron chi connectivity index (χ3n) is 5.74. The van der Waals surface area contributed by atoms with Crippen molar-refractivity contribution in [3.05, 3.63) is 51.5 Å². The molecule has 0 aliphatic heterocycles. The second-order valence-corrected chi connectivity index (χ2v) is 10.6. The first-order valence-electron chi connectivity index (χ1n) is 9.84. The molecule has 0 unspecified atom stereocenters. The Bertz CT molecular complexity index is 1170. The second-order valence-electron chi connectivity index (χ2n) is 7.74. The van der Waals surface area contributed by atoms with Gasteiger partial charge in [-0.05, 0) is 48.7 Å². The molecule has 3 rings (SSSR count). The lowest BCUT2D eigenvalue weighted by Crippen LogP contribution is -2.28. The predicted molar refractivity (Wildman–Crippen MR) is 119 cm³/mol. The highest BCUT2D eigenvalue weighted by molar-refractivity contribution is 9.10. The Morgan fingerprint density at radius 2 is 1.87 bits per heavy atom. The first-order valence-corrected chi connectivity index (χ1v) is 12.3. The average Bonchev–Trinajstić information content (AvgIpc) is 2.76. The van der Waals surface area contributed by atoms with Crippen LogP contribution in [0.4, 0.5) is 0 Å². The molecule has 0 radical (unpaired) electrons. The van der Waals surface area contributed by atoms with Crippen molar-refractivity contribution in [2.75, 3.05) is 7.05 Å².